The Morgan fingerprint density at radius 1 is 1.29 bits per heavy atom. The minimum absolute atomic E-state index is 0.0144. The summed E-state index contributed by atoms with van der Waals surface area (Å²) >= 11 is 0. The van der Waals surface area contributed by atoms with E-state index in [9.17, 15) is 4.79 Å². The largest absolute Gasteiger partial charge is 0.494 e. The van der Waals surface area contributed by atoms with E-state index in [0.29, 0.717) is 36.3 Å². The SMILES string of the molecule is C=CC(=O)Nc1cnn(C(C)C)c1-c1n[nH]c2c1CCC(c1c(F)c(OC)cc(OC)c1F)C2. The molecule has 0 aliphatic heterocycles. The molecule has 1 unspecified atom stereocenters. The number of aromatic amines is 1. The molecule has 0 bridgehead atoms. The van der Waals surface area contributed by atoms with E-state index < -0.39 is 17.6 Å². The van der Waals surface area contributed by atoms with Crippen molar-refractivity contribution >= 4 is 11.6 Å². The van der Waals surface area contributed by atoms with Crippen molar-refractivity contribution in [3.8, 4) is 22.9 Å². The van der Waals surface area contributed by atoms with Crippen molar-refractivity contribution in [2.45, 2.75) is 45.1 Å². The molecule has 0 spiro atoms. The topological polar surface area (TPSA) is 94.1 Å². The summed E-state index contributed by atoms with van der Waals surface area (Å²) in [5, 5.41) is 14.8. The number of methoxy groups -OCH3 is 2. The molecule has 2 aromatic heterocycles. The van der Waals surface area contributed by atoms with Crippen molar-refractivity contribution in [2.24, 2.45) is 0 Å². The number of anilines is 1. The van der Waals surface area contributed by atoms with Crippen LogP contribution in [-0.4, -0.2) is 40.1 Å². The zero-order chi connectivity index (χ0) is 24.6. The summed E-state index contributed by atoms with van der Waals surface area (Å²) in [7, 11) is 2.67. The van der Waals surface area contributed by atoms with Gasteiger partial charge in [-0.2, -0.15) is 10.2 Å². The highest BCUT2D eigenvalue weighted by molar-refractivity contribution is 6.01. The van der Waals surface area contributed by atoms with E-state index in [1.165, 1.54) is 26.4 Å². The lowest BCUT2D eigenvalue weighted by Crippen LogP contribution is -2.17. The number of nitrogens with one attached hydrogen (secondary N) is 2. The van der Waals surface area contributed by atoms with Crippen molar-refractivity contribution in [1.29, 1.82) is 0 Å². The standard InChI is InChI=1S/C24H27F2N5O3/c1-6-19(32)28-16-11-27-31(12(2)3)24(16)23-14-8-7-13(9-15(14)29-30-23)20-21(25)17(33-4)10-18(34-5)22(20)26/h6,10-13H,1,7-9H2,2-5H3,(H,28,32)(H,29,30). The molecule has 34 heavy (non-hydrogen) atoms. The molecule has 180 valence electrons. The number of halogens is 2. The Balaban J connectivity index is 1.74. The molecule has 0 fully saturated rings. The lowest BCUT2D eigenvalue weighted by atomic mass is 9.81. The number of rotatable bonds is 7. The second-order valence-electron chi connectivity index (χ2n) is 8.43. The number of carbonyl (C=O) groups is 1. The minimum atomic E-state index is -0.721. The average molecular weight is 472 g/mol. The zero-order valence-electron chi connectivity index (χ0n) is 19.5. The Labute approximate surface area is 196 Å². The van der Waals surface area contributed by atoms with Gasteiger partial charge >= 0.3 is 0 Å². The normalized spacial score (nSPS) is 15.2. The van der Waals surface area contributed by atoms with E-state index in [-0.39, 0.29) is 29.0 Å². The molecule has 2 N–H and O–H groups in total. The van der Waals surface area contributed by atoms with Gasteiger partial charge in [-0.3, -0.25) is 14.6 Å². The highest BCUT2D eigenvalue weighted by Crippen LogP contribution is 2.43. The van der Waals surface area contributed by atoms with Crippen LogP contribution < -0.4 is 14.8 Å². The van der Waals surface area contributed by atoms with Gasteiger partial charge in [0.1, 0.15) is 11.4 Å². The molecule has 1 amide bonds. The third kappa shape index (κ3) is 3.93. The first-order chi connectivity index (χ1) is 16.3. The van der Waals surface area contributed by atoms with E-state index in [4.69, 9.17) is 9.47 Å². The molecule has 4 rings (SSSR count). The average Bonchev–Trinajstić information content (AvgIpc) is 3.42. The molecule has 0 radical (unpaired) electrons. The van der Waals surface area contributed by atoms with Crippen LogP contribution in [0.15, 0.2) is 24.9 Å². The number of amides is 1. The molecule has 8 nitrogen and oxygen atoms in total. The predicted molar refractivity (Wildman–Crippen MR) is 123 cm³/mol. The number of nitrogens with zero attached hydrogens (tertiary/aromatic N) is 3. The molecule has 2 heterocycles. The van der Waals surface area contributed by atoms with Crippen LogP contribution in [0.4, 0.5) is 14.5 Å². The third-order valence-corrected chi connectivity index (χ3v) is 6.11. The first-order valence-electron chi connectivity index (χ1n) is 11.0. The number of H-pyrrole nitrogens is 1. The molecule has 10 heteroatoms. The van der Waals surface area contributed by atoms with Gasteiger partial charge < -0.3 is 14.8 Å². The van der Waals surface area contributed by atoms with Crippen LogP contribution in [0.2, 0.25) is 0 Å². The summed E-state index contributed by atoms with van der Waals surface area (Å²) in [6.07, 6.45) is 4.15. The van der Waals surface area contributed by atoms with Crippen LogP contribution >= 0.6 is 0 Å². The van der Waals surface area contributed by atoms with Gasteiger partial charge in [-0.1, -0.05) is 6.58 Å². The third-order valence-electron chi connectivity index (χ3n) is 6.11. The Kier molecular flexibility index (Phi) is 6.41. The molecule has 1 aliphatic rings. The maximum absolute atomic E-state index is 15.1. The zero-order valence-corrected chi connectivity index (χ0v) is 19.5. The molecule has 1 atom stereocenters. The second-order valence-corrected chi connectivity index (χ2v) is 8.43. The van der Waals surface area contributed by atoms with Crippen LogP contribution in [0.5, 0.6) is 11.5 Å². The molecule has 0 saturated carbocycles. The van der Waals surface area contributed by atoms with Gasteiger partial charge in [0.25, 0.3) is 0 Å². The number of ether oxygens (including phenoxy) is 2. The van der Waals surface area contributed by atoms with Crippen molar-refractivity contribution in [3.63, 3.8) is 0 Å². The van der Waals surface area contributed by atoms with E-state index >= 15 is 8.78 Å². The van der Waals surface area contributed by atoms with Gasteiger partial charge in [0.2, 0.25) is 5.91 Å². The summed E-state index contributed by atoms with van der Waals surface area (Å²) in [6, 6.07) is 1.23. The van der Waals surface area contributed by atoms with Crippen molar-refractivity contribution in [2.75, 3.05) is 19.5 Å². The number of carbonyl (C=O) groups excluding carboxylic acids is 1. The highest BCUT2D eigenvalue weighted by atomic mass is 19.1. The van der Waals surface area contributed by atoms with Crippen LogP contribution in [0.1, 0.15) is 49.0 Å². The molecular weight excluding hydrogens is 444 g/mol. The van der Waals surface area contributed by atoms with Crippen LogP contribution in [0.25, 0.3) is 11.4 Å². The molecule has 1 aromatic carbocycles. The number of benzene rings is 1. The van der Waals surface area contributed by atoms with E-state index in [0.717, 1.165) is 11.3 Å². The summed E-state index contributed by atoms with van der Waals surface area (Å²) in [5.74, 6) is -2.35. The summed E-state index contributed by atoms with van der Waals surface area (Å²) in [5.41, 5.74) is 3.51. The lowest BCUT2D eigenvalue weighted by molar-refractivity contribution is -0.111. The fourth-order valence-electron chi connectivity index (χ4n) is 4.48. The minimum Gasteiger partial charge on any atom is -0.494 e. The Morgan fingerprint density at radius 2 is 1.97 bits per heavy atom. The number of hydrogen-bond acceptors (Lipinski definition) is 5. The first-order valence-corrected chi connectivity index (χ1v) is 11.0. The van der Waals surface area contributed by atoms with Gasteiger partial charge in [0, 0.05) is 28.9 Å². The summed E-state index contributed by atoms with van der Waals surface area (Å²) in [6.45, 7) is 7.45. The van der Waals surface area contributed by atoms with E-state index in [2.05, 4.69) is 27.2 Å². The Bertz CT molecular complexity index is 1220. The van der Waals surface area contributed by atoms with Gasteiger partial charge in [-0.15, -0.1) is 0 Å². The smallest absolute Gasteiger partial charge is 0.247 e. The summed E-state index contributed by atoms with van der Waals surface area (Å²) in [4.78, 5) is 12.0. The number of aromatic nitrogens is 4. The monoisotopic (exact) mass is 471 g/mol. The Hall–Kier alpha value is -3.69. The predicted octanol–water partition coefficient (Wildman–Crippen LogP) is 4.55. The van der Waals surface area contributed by atoms with Crippen LogP contribution in [-0.2, 0) is 17.6 Å². The maximum atomic E-state index is 15.1. The van der Waals surface area contributed by atoms with Crippen molar-refractivity contribution in [1.82, 2.24) is 20.0 Å². The molecule has 1 aliphatic carbocycles. The van der Waals surface area contributed by atoms with Crippen LogP contribution in [0.3, 0.4) is 0 Å². The molecular formula is C24H27F2N5O3. The number of hydrogen-bond donors (Lipinski definition) is 2. The summed E-state index contributed by atoms with van der Waals surface area (Å²) < 4.78 is 42.1. The number of fused-ring (bicyclic) bond motifs is 1. The van der Waals surface area contributed by atoms with E-state index in [1.54, 1.807) is 10.9 Å². The van der Waals surface area contributed by atoms with E-state index in [1.807, 2.05) is 13.8 Å². The Morgan fingerprint density at radius 3 is 2.56 bits per heavy atom. The highest BCUT2D eigenvalue weighted by Gasteiger charge is 2.33. The van der Waals surface area contributed by atoms with Gasteiger partial charge in [-0.25, -0.2) is 8.78 Å². The first kappa shape index (κ1) is 23.5. The molecule has 0 saturated heterocycles. The van der Waals surface area contributed by atoms with Crippen LogP contribution in [0, 0.1) is 11.6 Å². The fraction of sp³-hybridized carbons (Fsp3) is 0.375. The maximum Gasteiger partial charge on any atom is 0.247 e. The second kappa shape index (κ2) is 9.28. The van der Waals surface area contributed by atoms with Crippen molar-refractivity contribution < 1.29 is 23.0 Å². The van der Waals surface area contributed by atoms with Gasteiger partial charge in [-0.05, 0) is 45.1 Å². The van der Waals surface area contributed by atoms with Crippen molar-refractivity contribution in [3.05, 3.63) is 53.4 Å². The lowest BCUT2D eigenvalue weighted by Gasteiger charge is -2.25. The fourth-order valence-corrected chi connectivity index (χ4v) is 4.48. The molecule has 3 aromatic rings. The van der Waals surface area contributed by atoms with Gasteiger partial charge in [0.15, 0.2) is 23.1 Å². The quantitative estimate of drug-likeness (QED) is 0.493. The van der Waals surface area contributed by atoms with Gasteiger partial charge in [0.05, 0.1) is 26.1 Å².